The van der Waals surface area contributed by atoms with Crippen LogP contribution in [0.15, 0.2) is 30.3 Å². The number of fused-ring (bicyclic) bond motifs is 4. The van der Waals surface area contributed by atoms with Crippen LogP contribution in [-0.4, -0.2) is 159 Å². The summed E-state index contributed by atoms with van der Waals surface area (Å²) in [5.74, 6) is -2.98. The van der Waals surface area contributed by atoms with Gasteiger partial charge in [-0.25, -0.2) is 0 Å². The molecule has 4 heterocycles. The van der Waals surface area contributed by atoms with Crippen LogP contribution in [0.2, 0.25) is 0 Å². The first-order chi connectivity index (χ1) is 32.0. The van der Waals surface area contributed by atoms with Crippen LogP contribution in [0.25, 0.3) is 6.08 Å². The second-order valence-corrected chi connectivity index (χ2v) is 19.5. The Kier molecular flexibility index (Phi) is 18.4. The Morgan fingerprint density at radius 2 is 1.69 bits per heavy atom. The highest BCUT2D eigenvalue weighted by Gasteiger charge is 2.76. The lowest BCUT2D eigenvalue weighted by molar-refractivity contribution is -0.298. The molecule has 1 saturated carbocycles. The van der Waals surface area contributed by atoms with Gasteiger partial charge in [0.05, 0.1) is 32.4 Å². The number of hydrogen-bond donors (Lipinski definition) is 7. The molecule has 0 radical (unpaired) electrons. The third-order valence-electron chi connectivity index (χ3n) is 13.1. The van der Waals surface area contributed by atoms with Crippen LogP contribution in [0.1, 0.15) is 123 Å². The fourth-order valence-electron chi connectivity index (χ4n) is 9.86. The lowest BCUT2D eigenvalue weighted by Gasteiger charge is -2.48. The molecule has 12 atom stereocenters. The monoisotopic (exact) mass is 947 g/mol. The largest absolute Gasteiger partial charge is 0.460 e. The van der Waals surface area contributed by atoms with E-state index in [-0.39, 0.29) is 45.4 Å². The maximum atomic E-state index is 14.8. The number of carbonyl (C=O) groups excluding carboxylic acids is 4. The molecule has 0 spiro atoms. The minimum absolute atomic E-state index is 0.00447. The molecule has 1 aromatic rings. The molecule has 1 aliphatic carbocycles. The summed E-state index contributed by atoms with van der Waals surface area (Å²) < 4.78 is 36.4. The van der Waals surface area contributed by atoms with Gasteiger partial charge in [0.15, 0.2) is 18.1 Å². The van der Waals surface area contributed by atoms with Gasteiger partial charge in [0.25, 0.3) is 0 Å². The highest BCUT2D eigenvalue weighted by Crippen LogP contribution is 2.58. The number of amides is 2. The maximum absolute atomic E-state index is 14.8. The van der Waals surface area contributed by atoms with Crippen LogP contribution < -0.4 is 10.6 Å². The predicted octanol–water partition coefficient (Wildman–Crippen LogP) is 2.06. The van der Waals surface area contributed by atoms with E-state index in [0.29, 0.717) is 12.8 Å². The van der Waals surface area contributed by atoms with Gasteiger partial charge in [0.2, 0.25) is 11.8 Å². The van der Waals surface area contributed by atoms with Crippen molar-refractivity contribution in [3.8, 4) is 0 Å². The summed E-state index contributed by atoms with van der Waals surface area (Å²) in [4.78, 5) is 61.3. The normalized spacial score (nSPS) is 31.6. The predicted molar refractivity (Wildman–Crippen MR) is 239 cm³/mol. The molecule has 2 amide bonds. The van der Waals surface area contributed by atoms with Crippen molar-refractivity contribution >= 4 is 29.8 Å². The standard InChI is InChI=1S/C48H73N3O16/c1-6-8-10-20-47(21-11-9-7-2)65-39-32-25-48(45(60)49-22-19-34(54)50-31(27-52)17-18-35(55)64-46(3,4)5)41(43(59)62-32)51(67-42(48)40(39)66-47)26-30-15-12-14-29(24-30)16-13-23-61-44-38(58)37(57)36(56)33(28-53)63-44/h12-16,24,31-33,36-42,44,52-53,56-58H,6-11,17-23,25-28H2,1-5H3,(H,49,60)(H,50,54). The van der Waals surface area contributed by atoms with E-state index >= 15 is 0 Å². The third kappa shape index (κ3) is 12.6. The highest BCUT2D eigenvalue weighted by atomic mass is 16.8. The molecule has 6 rings (SSSR count). The number of benzene rings is 1. The SMILES string of the molecule is CCCCCC1(CCCCC)OC2C3CC4(C(=O)NCCC(=O)NC(CO)CCC(=O)OC(C)(C)C)C(ON(Cc5cccc(C=CCOC6OC(CO)C(O)C(O)C6O)c5)C4C(=O)O3)C2O1. The Bertz CT molecular complexity index is 1850. The smallest absolute Gasteiger partial charge is 0.327 e. The summed E-state index contributed by atoms with van der Waals surface area (Å²) in [6.45, 7) is 8.49. The molecule has 67 heavy (non-hydrogen) atoms. The van der Waals surface area contributed by atoms with Crippen LogP contribution in [0.4, 0.5) is 0 Å². The number of aliphatic hydroxyl groups excluding tert-OH is 5. The Balaban J connectivity index is 1.18. The molecule has 376 valence electrons. The average molecular weight is 948 g/mol. The third-order valence-corrected chi connectivity index (χ3v) is 13.1. The lowest BCUT2D eigenvalue weighted by atomic mass is 9.62. The molecule has 1 aromatic carbocycles. The van der Waals surface area contributed by atoms with E-state index in [1.165, 1.54) is 5.06 Å². The first-order valence-electron chi connectivity index (χ1n) is 24.1. The minimum atomic E-state index is -1.56. The molecule has 2 bridgehead atoms. The number of hydroxylamine groups is 2. The zero-order chi connectivity index (χ0) is 48.5. The zero-order valence-corrected chi connectivity index (χ0v) is 39.5. The molecule has 0 aromatic heterocycles. The van der Waals surface area contributed by atoms with Gasteiger partial charge in [0.1, 0.15) is 59.8 Å². The first-order valence-corrected chi connectivity index (χ1v) is 24.1. The molecule has 7 N–H and O–H groups in total. The first kappa shape index (κ1) is 52.8. The molecule has 4 saturated heterocycles. The molecule has 5 fully saturated rings. The van der Waals surface area contributed by atoms with Crippen molar-refractivity contribution in [1.82, 2.24) is 15.7 Å². The number of ether oxygens (including phenoxy) is 6. The average Bonchev–Trinajstić information content (AvgIpc) is 3.84. The molecule has 5 aliphatic rings. The van der Waals surface area contributed by atoms with Gasteiger partial charge in [-0.2, -0.15) is 5.06 Å². The second-order valence-electron chi connectivity index (χ2n) is 19.5. The van der Waals surface area contributed by atoms with Crippen molar-refractivity contribution < 1.29 is 78.0 Å². The minimum Gasteiger partial charge on any atom is -0.460 e. The molecule has 19 nitrogen and oxygen atoms in total. The fraction of sp³-hybridized carbons (Fsp3) is 0.750. The van der Waals surface area contributed by atoms with E-state index in [9.17, 15) is 44.7 Å². The van der Waals surface area contributed by atoms with Crippen molar-refractivity contribution in [3.05, 3.63) is 41.5 Å². The molecule has 19 heteroatoms. The van der Waals surface area contributed by atoms with Gasteiger partial charge in [-0.05, 0) is 51.2 Å². The molecule has 4 aliphatic heterocycles. The van der Waals surface area contributed by atoms with Crippen LogP contribution in [0.5, 0.6) is 0 Å². The number of nitrogens with zero attached hydrogens (tertiary/aromatic N) is 1. The van der Waals surface area contributed by atoms with Gasteiger partial charge >= 0.3 is 11.9 Å². The van der Waals surface area contributed by atoms with Crippen LogP contribution in [0.3, 0.4) is 0 Å². The number of aliphatic hydroxyl groups is 5. The topological polar surface area (TPSA) is 261 Å². The summed E-state index contributed by atoms with van der Waals surface area (Å²) in [5, 5.41) is 57.1. The second kappa shape index (κ2) is 23.3. The van der Waals surface area contributed by atoms with E-state index in [4.69, 9.17) is 33.3 Å². The summed E-state index contributed by atoms with van der Waals surface area (Å²) in [6, 6.07) is 5.51. The van der Waals surface area contributed by atoms with E-state index in [0.717, 1.165) is 49.7 Å². The number of esters is 2. The Morgan fingerprint density at radius 1 is 0.970 bits per heavy atom. The number of carbonyl (C=O) groups is 4. The fourth-order valence-corrected chi connectivity index (χ4v) is 9.86. The zero-order valence-electron chi connectivity index (χ0n) is 39.5. The van der Waals surface area contributed by atoms with Gasteiger partial charge in [-0.1, -0.05) is 75.9 Å². The van der Waals surface area contributed by atoms with E-state index in [1.807, 2.05) is 24.3 Å². The van der Waals surface area contributed by atoms with Gasteiger partial charge in [-0.3, -0.25) is 24.0 Å². The molecular weight excluding hydrogens is 875 g/mol. The van der Waals surface area contributed by atoms with Gasteiger partial charge in [-0.15, -0.1) is 0 Å². The summed E-state index contributed by atoms with van der Waals surface area (Å²) in [5.41, 5.74) is -0.674. The Morgan fingerprint density at radius 3 is 2.36 bits per heavy atom. The number of nitrogens with one attached hydrogen (secondary N) is 2. The van der Waals surface area contributed by atoms with Crippen molar-refractivity contribution in [2.75, 3.05) is 26.4 Å². The van der Waals surface area contributed by atoms with E-state index < -0.39 is 121 Å². The Labute approximate surface area is 392 Å². The van der Waals surface area contributed by atoms with E-state index in [1.54, 1.807) is 32.9 Å². The number of unbranched alkanes of at least 4 members (excludes halogenated alkanes) is 4. The quantitative estimate of drug-likeness (QED) is 0.0578. The van der Waals surface area contributed by atoms with Crippen molar-refractivity contribution in [2.45, 2.75) is 197 Å². The highest BCUT2D eigenvalue weighted by molar-refractivity contribution is 5.94. The van der Waals surface area contributed by atoms with Crippen molar-refractivity contribution in [3.63, 3.8) is 0 Å². The maximum Gasteiger partial charge on any atom is 0.327 e. The van der Waals surface area contributed by atoms with Crippen LogP contribution in [-0.2, 0) is 59.0 Å². The number of hydrogen-bond acceptors (Lipinski definition) is 17. The number of rotatable bonds is 24. The van der Waals surface area contributed by atoms with Crippen molar-refractivity contribution in [2.24, 2.45) is 5.41 Å². The Hall–Kier alpha value is -3.60. The van der Waals surface area contributed by atoms with E-state index in [2.05, 4.69) is 24.5 Å². The van der Waals surface area contributed by atoms with Crippen LogP contribution in [0, 0.1) is 5.41 Å². The van der Waals surface area contributed by atoms with Gasteiger partial charge < -0.3 is 64.6 Å². The summed E-state index contributed by atoms with van der Waals surface area (Å²) >= 11 is 0. The van der Waals surface area contributed by atoms with Gasteiger partial charge in [0, 0.05) is 38.6 Å². The summed E-state index contributed by atoms with van der Waals surface area (Å²) in [7, 11) is 0. The lowest BCUT2D eigenvalue weighted by Crippen LogP contribution is -2.69. The summed E-state index contributed by atoms with van der Waals surface area (Å²) in [6.07, 6.45) is 0.324. The molecule has 12 unspecified atom stereocenters. The van der Waals surface area contributed by atoms with Crippen LogP contribution >= 0.6 is 0 Å². The van der Waals surface area contributed by atoms with Crippen molar-refractivity contribution in [1.29, 1.82) is 0 Å². The molecular formula is C48H73N3O16.